The second-order valence-corrected chi connectivity index (χ2v) is 9.30. The van der Waals surface area contributed by atoms with Crippen LogP contribution in [0.1, 0.15) is 5.56 Å². The number of ether oxygens (including phenoxy) is 1. The quantitative estimate of drug-likeness (QED) is 0.365. The molecule has 0 bridgehead atoms. The average molecular weight is 543 g/mol. The molecule has 0 saturated carbocycles. The van der Waals surface area contributed by atoms with Crippen LogP contribution in [0.2, 0.25) is 5.02 Å². The summed E-state index contributed by atoms with van der Waals surface area (Å²) in [4.78, 5) is 27.0. The van der Waals surface area contributed by atoms with Crippen LogP contribution in [0.25, 0.3) is 6.08 Å². The SMILES string of the molecule is N=C1S/C(=C\c2cc(Br)ccc2OCC(=O)Nc2ccc(Cl)cc2)C(=O)N1c1ccccc1. The van der Waals surface area contributed by atoms with Crippen LogP contribution in [-0.4, -0.2) is 23.6 Å². The van der Waals surface area contributed by atoms with Crippen LogP contribution < -0.4 is 15.0 Å². The molecule has 0 atom stereocenters. The number of carbonyl (C=O) groups excluding carboxylic acids is 2. The third kappa shape index (κ3) is 5.65. The van der Waals surface area contributed by atoms with E-state index >= 15 is 0 Å². The van der Waals surface area contributed by atoms with Gasteiger partial charge in [-0.2, -0.15) is 0 Å². The zero-order valence-corrected chi connectivity index (χ0v) is 20.2. The zero-order chi connectivity index (χ0) is 23.4. The number of rotatable bonds is 6. The van der Waals surface area contributed by atoms with Gasteiger partial charge in [0.25, 0.3) is 11.8 Å². The van der Waals surface area contributed by atoms with Crippen molar-refractivity contribution in [2.45, 2.75) is 0 Å². The molecule has 6 nitrogen and oxygen atoms in total. The number of halogens is 2. The molecular formula is C24H17BrClN3O3S. The number of carbonyl (C=O) groups is 2. The van der Waals surface area contributed by atoms with Crippen molar-refractivity contribution in [2.75, 3.05) is 16.8 Å². The van der Waals surface area contributed by atoms with Gasteiger partial charge in [-0.05, 0) is 72.4 Å². The van der Waals surface area contributed by atoms with Gasteiger partial charge in [-0.15, -0.1) is 0 Å². The number of nitrogens with zero attached hydrogens (tertiary/aromatic N) is 1. The average Bonchev–Trinajstić information content (AvgIpc) is 3.08. The first kappa shape index (κ1) is 23.1. The second-order valence-electron chi connectivity index (χ2n) is 6.92. The van der Waals surface area contributed by atoms with Crippen LogP contribution in [0, 0.1) is 5.41 Å². The molecule has 0 unspecified atom stereocenters. The molecule has 1 aliphatic rings. The molecule has 9 heteroatoms. The maximum atomic E-state index is 13.0. The van der Waals surface area contributed by atoms with E-state index in [0.29, 0.717) is 32.6 Å². The summed E-state index contributed by atoms with van der Waals surface area (Å²) in [6.45, 7) is -0.215. The van der Waals surface area contributed by atoms with Crippen molar-refractivity contribution in [1.82, 2.24) is 0 Å². The highest BCUT2D eigenvalue weighted by molar-refractivity contribution is 9.10. The molecule has 0 aliphatic carbocycles. The Labute approximate surface area is 208 Å². The number of hydrogen-bond donors (Lipinski definition) is 2. The van der Waals surface area contributed by atoms with E-state index in [0.717, 1.165) is 16.2 Å². The van der Waals surface area contributed by atoms with Crippen molar-refractivity contribution in [3.63, 3.8) is 0 Å². The molecule has 1 fully saturated rings. The predicted octanol–water partition coefficient (Wildman–Crippen LogP) is 6.18. The minimum Gasteiger partial charge on any atom is -0.483 e. The van der Waals surface area contributed by atoms with Crippen molar-refractivity contribution in [3.05, 3.63) is 92.8 Å². The van der Waals surface area contributed by atoms with Crippen molar-refractivity contribution < 1.29 is 14.3 Å². The van der Waals surface area contributed by atoms with Gasteiger partial charge in [-0.25, -0.2) is 0 Å². The first-order chi connectivity index (χ1) is 15.9. The lowest BCUT2D eigenvalue weighted by atomic mass is 10.2. The number of nitrogens with one attached hydrogen (secondary N) is 2. The molecule has 1 heterocycles. The number of amides is 2. The van der Waals surface area contributed by atoms with Crippen LogP contribution in [0.4, 0.5) is 11.4 Å². The van der Waals surface area contributed by atoms with E-state index in [2.05, 4.69) is 21.2 Å². The molecule has 3 aromatic carbocycles. The van der Waals surface area contributed by atoms with Crippen molar-refractivity contribution in [3.8, 4) is 5.75 Å². The molecule has 166 valence electrons. The standard InChI is InChI=1S/C24H17BrClN3O3S/c25-16-6-11-20(32-14-22(30)28-18-9-7-17(26)8-10-18)15(12-16)13-21-23(31)29(24(27)33-21)19-4-2-1-3-5-19/h1-13,27H,14H2,(H,28,30)/b21-13-,27-24?. The van der Waals surface area contributed by atoms with Crippen molar-refractivity contribution in [1.29, 1.82) is 5.41 Å². The molecule has 4 rings (SSSR count). The Balaban J connectivity index is 1.50. The molecule has 3 aromatic rings. The topological polar surface area (TPSA) is 82.5 Å². The summed E-state index contributed by atoms with van der Waals surface area (Å²) in [6, 6.07) is 21.1. The van der Waals surface area contributed by atoms with Crippen LogP contribution in [0.3, 0.4) is 0 Å². The van der Waals surface area contributed by atoms with Gasteiger partial charge < -0.3 is 10.1 Å². The lowest BCUT2D eigenvalue weighted by Gasteiger charge is -2.13. The molecule has 1 saturated heterocycles. The molecule has 2 N–H and O–H groups in total. The van der Waals surface area contributed by atoms with Crippen LogP contribution in [0.15, 0.2) is 82.2 Å². The van der Waals surface area contributed by atoms with Crippen LogP contribution >= 0.6 is 39.3 Å². The maximum Gasteiger partial charge on any atom is 0.271 e. The van der Waals surface area contributed by atoms with Gasteiger partial charge in [0.1, 0.15) is 5.75 Å². The summed E-state index contributed by atoms with van der Waals surface area (Å²) in [5, 5.41) is 11.7. The first-order valence-corrected chi connectivity index (χ1v) is 11.7. The number of anilines is 2. The highest BCUT2D eigenvalue weighted by Gasteiger charge is 2.33. The minimum atomic E-state index is -0.331. The van der Waals surface area contributed by atoms with E-state index < -0.39 is 0 Å². The largest absolute Gasteiger partial charge is 0.483 e. The third-order valence-electron chi connectivity index (χ3n) is 4.58. The van der Waals surface area contributed by atoms with Gasteiger partial charge in [-0.3, -0.25) is 19.9 Å². The number of para-hydroxylation sites is 1. The fourth-order valence-corrected chi connectivity index (χ4v) is 4.43. The van der Waals surface area contributed by atoms with E-state index in [-0.39, 0.29) is 23.6 Å². The maximum absolute atomic E-state index is 13.0. The Morgan fingerprint density at radius 1 is 1.12 bits per heavy atom. The molecule has 2 amide bonds. The monoisotopic (exact) mass is 541 g/mol. The summed E-state index contributed by atoms with van der Waals surface area (Å²) >= 11 is 10.4. The Kier molecular flexibility index (Phi) is 7.17. The normalized spacial score (nSPS) is 14.6. The molecule has 0 spiro atoms. The lowest BCUT2D eigenvalue weighted by Crippen LogP contribution is -2.27. The Morgan fingerprint density at radius 3 is 2.58 bits per heavy atom. The van der Waals surface area contributed by atoms with E-state index in [1.165, 1.54) is 4.90 Å². The van der Waals surface area contributed by atoms with Crippen LogP contribution in [-0.2, 0) is 9.59 Å². The summed E-state index contributed by atoms with van der Waals surface area (Å²) < 4.78 is 6.53. The van der Waals surface area contributed by atoms with E-state index in [9.17, 15) is 9.59 Å². The highest BCUT2D eigenvalue weighted by atomic mass is 79.9. The van der Waals surface area contributed by atoms with Gasteiger partial charge in [0.15, 0.2) is 11.8 Å². The minimum absolute atomic E-state index is 0.122. The molecule has 1 aliphatic heterocycles. The smallest absolute Gasteiger partial charge is 0.271 e. The third-order valence-corrected chi connectivity index (χ3v) is 6.22. The molecule has 0 aromatic heterocycles. The highest BCUT2D eigenvalue weighted by Crippen LogP contribution is 2.36. The predicted molar refractivity (Wildman–Crippen MR) is 137 cm³/mol. The van der Waals surface area contributed by atoms with E-state index in [1.807, 2.05) is 18.2 Å². The Morgan fingerprint density at radius 2 is 1.85 bits per heavy atom. The van der Waals surface area contributed by atoms with Crippen molar-refractivity contribution in [2.24, 2.45) is 0 Å². The number of thioether (sulfide) groups is 1. The lowest BCUT2D eigenvalue weighted by molar-refractivity contribution is -0.118. The second kappa shape index (κ2) is 10.2. The molecule has 0 radical (unpaired) electrons. The molecular weight excluding hydrogens is 526 g/mol. The van der Waals surface area contributed by atoms with Gasteiger partial charge in [0.2, 0.25) is 0 Å². The van der Waals surface area contributed by atoms with Gasteiger partial charge in [0, 0.05) is 20.7 Å². The fraction of sp³-hybridized carbons (Fsp3) is 0.0417. The Hall–Kier alpha value is -3.07. The number of benzene rings is 3. The summed E-state index contributed by atoms with van der Waals surface area (Å²) in [6.07, 6.45) is 1.67. The van der Waals surface area contributed by atoms with E-state index in [4.69, 9.17) is 21.7 Å². The van der Waals surface area contributed by atoms with E-state index in [1.54, 1.807) is 60.7 Å². The summed E-state index contributed by atoms with van der Waals surface area (Å²) in [5.74, 6) is -0.181. The number of hydrogen-bond acceptors (Lipinski definition) is 5. The first-order valence-electron chi connectivity index (χ1n) is 9.76. The van der Waals surface area contributed by atoms with Crippen molar-refractivity contribution >= 4 is 73.7 Å². The Bertz CT molecular complexity index is 1250. The van der Waals surface area contributed by atoms with Gasteiger partial charge in [-0.1, -0.05) is 45.7 Å². The van der Waals surface area contributed by atoms with Gasteiger partial charge in [0.05, 0.1) is 10.6 Å². The number of amidine groups is 1. The summed E-state index contributed by atoms with van der Waals surface area (Å²) in [5.41, 5.74) is 1.86. The molecule has 33 heavy (non-hydrogen) atoms. The van der Waals surface area contributed by atoms with Gasteiger partial charge >= 0.3 is 0 Å². The summed E-state index contributed by atoms with van der Waals surface area (Å²) in [7, 11) is 0. The zero-order valence-electron chi connectivity index (χ0n) is 17.0. The van der Waals surface area contributed by atoms with Crippen LogP contribution in [0.5, 0.6) is 5.75 Å². The fourth-order valence-electron chi connectivity index (χ4n) is 3.08.